The fraction of sp³-hybridized carbons (Fsp3) is 0.462. The summed E-state index contributed by atoms with van der Waals surface area (Å²) in [6.07, 6.45) is 3.74. The quantitative estimate of drug-likeness (QED) is 0.438. The van der Waals surface area contributed by atoms with E-state index in [4.69, 9.17) is 4.98 Å². The smallest absolute Gasteiger partial charge is 0.260 e. The Labute approximate surface area is 212 Å². The molecule has 35 heavy (non-hydrogen) atoms. The van der Waals surface area contributed by atoms with Gasteiger partial charge in [0.05, 0.1) is 15.1 Å². The number of likely N-dealkylation sites (N-methyl/N-ethyl adjacent to an activating group) is 1. The summed E-state index contributed by atoms with van der Waals surface area (Å²) in [5, 5.41) is 0.652. The second-order valence-electron chi connectivity index (χ2n) is 9.40. The number of hydrogen-bond acceptors (Lipinski definition) is 6. The van der Waals surface area contributed by atoms with Crippen molar-refractivity contribution >= 4 is 42.6 Å². The molecule has 1 atom stereocenters. The van der Waals surface area contributed by atoms with Gasteiger partial charge < -0.3 is 4.90 Å². The number of aromatic nitrogens is 1. The highest BCUT2D eigenvalue weighted by molar-refractivity contribution is 7.89. The van der Waals surface area contributed by atoms with Crippen molar-refractivity contribution in [1.82, 2.24) is 14.2 Å². The van der Waals surface area contributed by atoms with Crippen LogP contribution in [-0.2, 0) is 16.4 Å². The lowest BCUT2D eigenvalue weighted by Crippen LogP contribution is -2.41. The summed E-state index contributed by atoms with van der Waals surface area (Å²) < 4.78 is 29.0. The first kappa shape index (κ1) is 25.8. The van der Waals surface area contributed by atoms with Gasteiger partial charge >= 0.3 is 0 Å². The Morgan fingerprint density at radius 3 is 2.51 bits per heavy atom. The van der Waals surface area contributed by atoms with Crippen LogP contribution in [0.4, 0.5) is 5.13 Å². The maximum Gasteiger partial charge on any atom is 0.260 e. The van der Waals surface area contributed by atoms with Crippen molar-refractivity contribution in [1.29, 1.82) is 0 Å². The highest BCUT2D eigenvalue weighted by atomic mass is 32.2. The molecule has 1 aliphatic heterocycles. The van der Waals surface area contributed by atoms with Gasteiger partial charge in [0.1, 0.15) is 0 Å². The van der Waals surface area contributed by atoms with Crippen LogP contribution in [0.3, 0.4) is 0 Å². The number of sulfonamides is 1. The van der Waals surface area contributed by atoms with Crippen LogP contribution < -0.4 is 4.90 Å². The predicted molar refractivity (Wildman–Crippen MR) is 143 cm³/mol. The minimum Gasteiger partial charge on any atom is -0.308 e. The number of benzene rings is 2. The molecule has 188 valence electrons. The van der Waals surface area contributed by atoms with Crippen molar-refractivity contribution in [2.45, 2.75) is 50.5 Å². The Morgan fingerprint density at radius 2 is 1.86 bits per heavy atom. The molecule has 1 aromatic heterocycles. The van der Waals surface area contributed by atoms with E-state index >= 15 is 0 Å². The third-order valence-corrected chi connectivity index (χ3v) is 9.62. The van der Waals surface area contributed by atoms with Crippen LogP contribution in [0.25, 0.3) is 10.2 Å². The average molecular weight is 515 g/mol. The summed E-state index contributed by atoms with van der Waals surface area (Å²) in [6.45, 7) is 5.78. The number of fused-ring (bicyclic) bond motifs is 1. The molecular formula is C26H34N4O3S2. The molecule has 1 saturated heterocycles. The number of hydrogen-bond donors (Lipinski definition) is 0. The first-order valence-electron chi connectivity index (χ1n) is 12.2. The summed E-state index contributed by atoms with van der Waals surface area (Å²) in [5.41, 5.74) is 2.56. The second-order valence-corrected chi connectivity index (χ2v) is 12.3. The van der Waals surface area contributed by atoms with Crippen molar-refractivity contribution in [3.05, 3.63) is 53.6 Å². The van der Waals surface area contributed by atoms with Gasteiger partial charge in [-0.15, -0.1) is 0 Å². The number of amides is 1. The molecule has 4 rings (SSSR count). The largest absolute Gasteiger partial charge is 0.308 e. The number of aryl methyl sites for hydroxylation is 1. The topological polar surface area (TPSA) is 73.8 Å². The monoisotopic (exact) mass is 514 g/mol. The van der Waals surface area contributed by atoms with Gasteiger partial charge in [0.25, 0.3) is 5.91 Å². The van der Waals surface area contributed by atoms with Crippen molar-refractivity contribution in [2.24, 2.45) is 0 Å². The predicted octanol–water partition coefficient (Wildman–Crippen LogP) is 4.63. The van der Waals surface area contributed by atoms with E-state index in [1.807, 2.05) is 32.0 Å². The van der Waals surface area contributed by atoms with Gasteiger partial charge in [-0.1, -0.05) is 30.7 Å². The van der Waals surface area contributed by atoms with E-state index in [-0.39, 0.29) is 16.8 Å². The zero-order valence-corrected chi connectivity index (χ0v) is 22.5. The first-order valence-corrected chi connectivity index (χ1v) is 14.4. The molecule has 2 heterocycles. The Bertz CT molecular complexity index is 1290. The second kappa shape index (κ2) is 10.7. The van der Waals surface area contributed by atoms with Gasteiger partial charge in [0, 0.05) is 31.2 Å². The normalized spacial score (nSPS) is 17.2. The number of anilines is 1. The molecule has 3 aromatic rings. The van der Waals surface area contributed by atoms with E-state index in [9.17, 15) is 13.2 Å². The van der Waals surface area contributed by atoms with Crippen molar-refractivity contribution in [2.75, 3.05) is 38.6 Å². The molecule has 1 aliphatic rings. The van der Waals surface area contributed by atoms with Crippen molar-refractivity contribution < 1.29 is 13.2 Å². The molecule has 1 amide bonds. The standard InChI is InChI=1S/C26H34N4O3S2/c1-5-20-9-14-23-24(18-20)34-26(27-23)29(17-16-28(3)4)25(31)21-10-12-22(13-11-21)35(32,33)30-15-7-6-8-19(30)2/h9-14,18-19H,5-8,15-17H2,1-4H3. The number of carbonyl (C=O) groups excluding carboxylic acids is 1. The van der Waals surface area contributed by atoms with Crippen molar-refractivity contribution in [3.63, 3.8) is 0 Å². The molecule has 1 unspecified atom stereocenters. The SMILES string of the molecule is CCc1ccc2nc(N(CCN(C)C)C(=O)c3ccc(S(=O)(=O)N4CCCCC4C)cc3)sc2c1. The van der Waals surface area contributed by atoms with Gasteiger partial charge in [0.15, 0.2) is 5.13 Å². The van der Waals surface area contributed by atoms with E-state index in [0.717, 1.165) is 35.9 Å². The fourth-order valence-corrected chi connectivity index (χ4v) is 7.12. The summed E-state index contributed by atoms with van der Waals surface area (Å²) in [7, 11) is 0.356. The molecule has 7 nitrogen and oxygen atoms in total. The fourth-order valence-electron chi connectivity index (χ4n) is 4.37. The Balaban J connectivity index is 1.62. The van der Waals surface area contributed by atoms with E-state index in [0.29, 0.717) is 30.3 Å². The number of carbonyl (C=O) groups is 1. The van der Waals surface area contributed by atoms with Gasteiger partial charge in [0.2, 0.25) is 10.0 Å². The number of piperidine rings is 1. The summed E-state index contributed by atoms with van der Waals surface area (Å²) in [6, 6.07) is 12.5. The number of thiazole rings is 1. The van der Waals surface area contributed by atoms with Crippen LogP contribution in [0.1, 0.15) is 49.0 Å². The Hall–Kier alpha value is -2.33. The van der Waals surface area contributed by atoms with Crippen LogP contribution in [0.2, 0.25) is 0 Å². The third-order valence-electron chi connectivity index (χ3n) is 6.55. The maximum absolute atomic E-state index is 13.6. The Kier molecular flexibility index (Phi) is 7.90. The van der Waals surface area contributed by atoms with Crippen LogP contribution >= 0.6 is 11.3 Å². The molecule has 2 aromatic carbocycles. The zero-order chi connectivity index (χ0) is 25.2. The van der Waals surface area contributed by atoms with E-state index in [1.165, 1.54) is 16.9 Å². The average Bonchev–Trinajstić information content (AvgIpc) is 3.27. The minimum absolute atomic E-state index is 0.0103. The van der Waals surface area contributed by atoms with Gasteiger partial charge in [-0.3, -0.25) is 9.69 Å². The molecule has 0 spiro atoms. The first-order chi connectivity index (χ1) is 16.7. The van der Waals surface area contributed by atoms with E-state index in [1.54, 1.807) is 33.5 Å². The van der Waals surface area contributed by atoms with Gasteiger partial charge in [-0.2, -0.15) is 4.31 Å². The summed E-state index contributed by atoms with van der Waals surface area (Å²) in [5.74, 6) is -0.183. The van der Waals surface area contributed by atoms with Crippen LogP contribution in [0.5, 0.6) is 0 Å². The molecule has 0 N–H and O–H groups in total. The number of nitrogens with zero attached hydrogens (tertiary/aromatic N) is 4. The lowest BCUT2D eigenvalue weighted by atomic mass is 10.1. The maximum atomic E-state index is 13.6. The summed E-state index contributed by atoms with van der Waals surface area (Å²) in [4.78, 5) is 22.3. The van der Waals surface area contributed by atoms with E-state index < -0.39 is 10.0 Å². The molecule has 0 radical (unpaired) electrons. The third kappa shape index (κ3) is 5.58. The highest BCUT2D eigenvalue weighted by Crippen LogP contribution is 2.31. The minimum atomic E-state index is -3.58. The van der Waals surface area contributed by atoms with E-state index in [2.05, 4.69) is 19.1 Å². The van der Waals surface area contributed by atoms with Crippen LogP contribution in [-0.4, -0.2) is 68.3 Å². The van der Waals surface area contributed by atoms with Gasteiger partial charge in [-0.25, -0.2) is 13.4 Å². The molecule has 0 bridgehead atoms. The number of rotatable bonds is 8. The molecule has 0 aliphatic carbocycles. The van der Waals surface area contributed by atoms with Crippen molar-refractivity contribution in [3.8, 4) is 0 Å². The molecule has 1 fully saturated rings. The summed E-state index contributed by atoms with van der Waals surface area (Å²) >= 11 is 1.51. The van der Waals surface area contributed by atoms with Crippen LogP contribution in [0.15, 0.2) is 47.4 Å². The highest BCUT2D eigenvalue weighted by Gasteiger charge is 2.31. The Morgan fingerprint density at radius 1 is 1.11 bits per heavy atom. The molecule has 0 saturated carbocycles. The van der Waals surface area contributed by atoms with Crippen LogP contribution in [0, 0.1) is 0 Å². The zero-order valence-electron chi connectivity index (χ0n) is 20.9. The van der Waals surface area contributed by atoms with Gasteiger partial charge in [-0.05, 0) is 82.2 Å². The lowest BCUT2D eigenvalue weighted by Gasteiger charge is -2.32. The molecular weight excluding hydrogens is 480 g/mol. The molecule has 9 heteroatoms. The lowest BCUT2D eigenvalue weighted by molar-refractivity contribution is 0.0985.